The third-order valence-electron chi connectivity index (χ3n) is 3.32. The second kappa shape index (κ2) is 7.83. The molecule has 1 atom stereocenters. The maximum absolute atomic E-state index is 10.1. The molecule has 2 rings (SSSR count). The van der Waals surface area contributed by atoms with E-state index in [1.54, 1.807) is 0 Å². The van der Waals surface area contributed by atoms with Crippen LogP contribution in [0.4, 0.5) is 0 Å². The van der Waals surface area contributed by atoms with E-state index in [0.29, 0.717) is 6.61 Å². The first-order valence-corrected chi connectivity index (χ1v) is 7.22. The van der Waals surface area contributed by atoms with Crippen molar-refractivity contribution in [3.63, 3.8) is 0 Å². The molecule has 0 fully saturated rings. The molecule has 2 aromatic carbocycles. The molecule has 0 heterocycles. The van der Waals surface area contributed by atoms with Crippen LogP contribution in [0.1, 0.15) is 31.4 Å². The Balaban J connectivity index is 1.94. The number of aliphatic hydroxyl groups excluding tert-OH is 1. The number of benzene rings is 2. The maximum Gasteiger partial charge on any atom is 0.102 e. The van der Waals surface area contributed by atoms with Gasteiger partial charge in [-0.1, -0.05) is 67.9 Å². The average Bonchev–Trinajstić information content (AvgIpc) is 2.52. The largest absolute Gasteiger partial charge is 0.386 e. The molecule has 0 radical (unpaired) electrons. The normalized spacial score (nSPS) is 12.3. The van der Waals surface area contributed by atoms with Gasteiger partial charge >= 0.3 is 0 Å². The number of unbranched alkanes of at least 4 members (excludes halogenated alkanes) is 1. The summed E-state index contributed by atoms with van der Waals surface area (Å²) in [6.07, 6.45) is 1.61. The first-order chi connectivity index (χ1) is 9.81. The zero-order chi connectivity index (χ0) is 14.2. The van der Waals surface area contributed by atoms with Gasteiger partial charge in [0.1, 0.15) is 6.10 Å². The molecule has 2 nitrogen and oxygen atoms in total. The maximum atomic E-state index is 10.1. The van der Waals surface area contributed by atoms with Crippen LogP contribution >= 0.6 is 0 Å². The van der Waals surface area contributed by atoms with E-state index >= 15 is 0 Å². The lowest BCUT2D eigenvalue weighted by molar-refractivity contribution is 0.0349. The summed E-state index contributed by atoms with van der Waals surface area (Å²) in [4.78, 5) is 0. The predicted molar refractivity (Wildman–Crippen MR) is 82.6 cm³/mol. The summed E-state index contributed by atoms with van der Waals surface area (Å²) in [7, 11) is 0. The smallest absolute Gasteiger partial charge is 0.102 e. The highest BCUT2D eigenvalue weighted by molar-refractivity contribution is 5.63. The van der Waals surface area contributed by atoms with Crippen LogP contribution in [0.5, 0.6) is 0 Å². The Labute approximate surface area is 121 Å². The Morgan fingerprint density at radius 1 is 0.950 bits per heavy atom. The van der Waals surface area contributed by atoms with E-state index in [4.69, 9.17) is 4.74 Å². The van der Waals surface area contributed by atoms with Crippen molar-refractivity contribution in [2.24, 2.45) is 0 Å². The van der Waals surface area contributed by atoms with Crippen LogP contribution in [0, 0.1) is 0 Å². The standard InChI is InChI=1S/C18H22O2/c1-2-3-13-20-14-18(19)17-11-9-16(10-12-17)15-7-5-4-6-8-15/h4-12,18-19H,2-3,13-14H2,1H3. The fourth-order valence-electron chi connectivity index (χ4n) is 2.07. The van der Waals surface area contributed by atoms with Crippen molar-refractivity contribution in [1.82, 2.24) is 0 Å². The summed E-state index contributed by atoms with van der Waals surface area (Å²) in [6.45, 7) is 3.21. The molecule has 0 aliphatic rings. The molecule has 0 aromatic heterocycles. The van der Waals surface area contributed by atoms with E-state index in [2.05, 4.69) is 19.1 Å². The van der Waals surface area contributed by atoms with Gasteiger partial charge in [-0.3, -0.25) is 0 Å². The fourth-order valence-corrected chi connectivity index (χ4v) is 2.07. The summed E-state index contributed by atoms with van der Waals surface area (Å²) < 4.78 is 5.46. The molecule has 1 N–H and O–H groups in total. The first-order valence-electron chi connectivity index (χ1n) is 7.22. The third kappa shape index (κ3) is 4.19. The van der Waals surface area contributed by atoms with Crippen LogP contribution in [-0.2, 0) is 4.74 Å². The van der Waals surface area contributed by atoms with Crippen LogP contribution in [0.2, 0.25) is 0 Å². The van der Waals surface area contributed by atoms with Gasteiger partial charge in [-0.25, -0.2) is 0 Å². The van der Waals surface area contributed by atoms with Gasteiger partial charge in [0.25, 0.3) is 0 Å². The molecule has 0 spiro atoms. The minimum absolute atomic E-state index is 0.366. The summed E-state index contributed by atoms with van der Waals surface area (Å²) in [5.41, 5.74) is 3.25. The van der Waals surface area contributed by atoms with Crippen molar-refractivity contribution >= 4 is 0 Å². The van der Waals surface area contributed by atoms with Crippen molar-refractivity contribution < 1.29 is 9.84 Å². The van der Waals surface area contributed by atoms with E-state index in [1.807, 2.05) is 42.5 Å². The van der Waals surface area contributed by atoms with Crippen LogP contribution in [0.3, 0.4) is 0 Å². The highest BCUT2D eigenvalue weighted by atomic mass is 16.5. The molecule has 0 aliphatic carbocycles. The van der Waals surface area contributed by atoms with E-state index in [9.17, 15) is 5.11 Å². The minimum atomic E-state index is -0.545. The molecule has 0 saturated heterocycles. The molecule has 106 valence electrons. The predicted octanol–water partition coefficient (Wildman–Crippen LogP) is 4.20. The van der Waals surface area contributed by atoms with Crippen LogP contribution in [-0.4, -0.2) is 18.3 Å². The van der Waals surface area contributed by atoms with Crippen LogP contribution in [0.15, 0.2) is 54.6 Å². The van der Waals surface area contributed by atoms with Gasteiger partial charge in [-0.05, 0) is 23.1 Å². The molecule has 2 aromatic rings. The first kappa shape index (κ1) is 14.8. The van der Waals surface area contributed by atoms with Crippen LogP contribution in [0.25, 0.3) is 11.1 Å². The quantitative estimate of drug-likeness (QED) is 0.764. The molecule has 0 amide bonds. The Kier molecular flexibility index (Phi) is 5.78. The van der Waals surface area contributed by atoms with E-state index < -0.39 is 6.10 Å². The van der Waals surface area contributed by atoms with Crippen molar-refractivity contribution in [2.45, 2.75) is 25.9 Å². The van der Waals surface area contributed by atoms with Crippen LogP contribution < -0.4 is 0 Å². The molecule has 20 heavy (non-hydrogen) atoms. The van der Waals surface area contributed by atoms with Crippen molar-refractivity contribution in [3.05, 3.63) is 60.2 Å². The zero-order valence-electron chi connectivity index (χ0n) is 12.0. The van der Waals surface area contributed by atoms with E-state index in [0.717, 1.165) is 30.6 Å². The Morgan fingerprint density at radius 2 is 1.60 bits per heavy atom. The van der Waals surface area contributed by atoms with Gasteiger partial charge in [0, 0.05) is 6.61 Å². The Hall–Kier alpha value is -1.64. The lowest BCUT2D eigenvalue weighted by Crippen LogP contribution is -2.07. The van der Waals surface area contributed by atoms with Gasteiger partial charge in [0.05, 0.1) is 6.61 Å². The number of hydrogen-bond acceptors (Lipinski definition) is 2. The summed E-state index contributed by atoms with van der Waals surface area (Å²) in [6, 6.07) is 18.2. The molecule has 0 bridgehead atoms. The van der Waals surface area contributed by atoms with Gasteiger partial charge in [0.2, 0.25) is 0 Å². The highest BCUT2D eigenvalue weighted by Crippen LogP contribution is 2.22. The van der Waals surface area contributed by atoms with Gasteiger partial charge < -0.3 is 9.84 Å². The molecule has 2 heteroatoms. The summed E-state index contributed by atoms with van der Waals surface area (Å²) in [5.74, 6) is 0. The Morgan fingerprint density at radius 3 is 2.25 bits per heavy atom. The van der Waals surface area contributed by atoms with Crippen molar-refractivity contribution in [3.8, 4) is 11.1 Å². The lowest BCUT2D eigenvalue weighted by Gasteiger charge is -2.12. The van der Waals surface area contributed by atoms with Crippen molar-refractivity contribution in [2.75, 3.05) is 13.2 Å². The molecular formula is C18H22O2. The monoisotopic (exact) mass is 270 g/mol. The van der Waals surface area contributed by atoms with E-state index in [1.165, 1.54) is 5.56 Å². The van der Waals surface area contributed by atoms with Gasteiger partial charge in [0.15, 0.2) is 0 Å². The molecule has 1 unspecified atom stereocenters. The molecule has 0 aliphatic heterocycles. The Bertz CT molecular complexity index is 491. The topological polar surface area (TPSA) is 29.5 Å². The number of ether oxygens (including phenoxy) is 1. The average molecular weight is 270 g/mol. The fraction of sp³-hybridized carbons (Fsp3) is 0.333. The summed E-state index contributed by atoms with van der Waals surface area (Å²) >= 11 is 0. The zero-order valence-corrected chi connectivity index (χ0v) is 12.0. The van der Waals surface area contributed by atoms with Crippen molar-refractivity contribution in [1.29, 1.82) is 0 Å². The lowest BCUT2D eigenvalue weighted by atomic mass is 10.0. The van der Waals surface area contributed by atoms with E-state index in [-0.39, 0.29) is 0 Å². The second-order valence-corrected chi connectivity index (χ2v) is 4.93. The molecule has 0 saturated carbocycles. The number of aliphatic hydroxyl groups is 1. The third-order valence-corrected chi connectivity index (χ3v) is 3.32. The van der Waals surface area contributed by atoms with Gasteiger partial charge in [-0.15, -0.1) is 0 Å². The van der Waals surface area contributed by atoms with Gasteiger partial charge in [-0.2, -0.15) is 0 Å². The highest BCUT2D eigenvalue weighted by Gasteiger charge is 2.07. The number of hydrogen-bond donors (Lipinski definition) is 1. The molecular weight excluding hydrogens is 248 g/mol. The SMILES string of the molecule is CCCCOCC(O)c1ccc(-c2ccccc2)cc1. The summed E-state index contributed by atoms with van der Waals surface area (Å²) in [5, 5.41) is 10.1. The second-order valence-electron chi connectivity index (χ2n) is 4.93. The minimum Gasteiger partial charge on any atom is -0.386 e. The number of rotatable bonds is 7.